The molecule has 0 aromatic carbocycles. The second kappa shape index (κ2) is 6.86. The van der Waals surface area contributed by atoms with Crippen LogP contribution in [0.1, 0.15) is 39.5 Å². The Morgan fingerprint density at radius 1 is 1.56 bits per heavy atom. The zero-order valence-electron chi connectivity index (χ0n) is 10.5. The molecule has 0 spiro atoms. The van der Waals surface area contributed by atoms with Crippen LogP contribution in [0.25, 0.3) is 0 Å². The summed E-state index contributed by atoms with van der Waals surface area (Å²) in [5.74, 6) is 0.147. The highest BCUT2D eigenvalue weighted by atomic mass is 16.2. The molecule has 1 amide bonds. The molecule has 4 nitrogen and oxygen atoms in total. The zero-order chi connectivity index (χ0) is 12.0. The minimum atomic E-state index is -0.0343. The van der Waals surface area contributed by atoms with Crippen LogP contribution >= 0.6 is 0 Å². The molecule has 0 radical (unpaired) electrons. The van der Waals surface area contributed by atoms with Gasteiger partial charge in [-0.15, -0.1) is 0 Å². The second-order valence-corrected chi connectivity index (χ2v) is 4.58. The lowest BCUT2D eigenvalue weighted by atomic mass is 10.2. The molecule has 1 rings (SSSR count). The summed E-state index contributed by atoms with van der Waals surface area (Å²) < 4.78 is 0. The molecular weight excluding hydrogens is 202 g/mol. The number of nitrogens with two attached hydrogens (primary N) is 1. The van der Waals surface area contributed by atoms with Gasteiger partial charge in [0.25, 0.3) is 0 Å². The van der Waals surface area contributed by atoms with Crippen molar-refractivity contribution in [1.82, 2.24) is 10.2 Å². The van der Waals surface area contributed by atoms with Crippen molar-refractivity contribution in [1.29, 1.82) is 0 Å². The van der Waals surface area contributed by atoms with Gasteiger partial charge < -0.3 is 11.1 Å². The number of hydrogen-bond acceptors (Lipinski definition) is 3. The third-order valence-electron chi connectivity index (χ3n) is 3.11. The maximum absolute atomic E-state index is 11.9. The van der Waals surface area contributed by atoms with Crippen molar-refractivity contribution in [2.45, 2.75) is 51.6 Å². The van der Waals surface area contributed by atoms with Crippen LogP contribution in [0.2, 0.25) is 0 Å². The van der Waals surface area contributed by atoms with Gasteiger partial charge in [-0.25, -0.2) is 0 Å². The summed E-state index contributed by atoms with van der Waals surface area (Å²) in [4.78, 5) is 14.1. The molecule has 3 N–H and O–H groups in total. The predicted octanol–water partition coefficient (Wildman–Crippen LogP) is 0.714. The number of hydrogen-bond donors (Lipinski definition) is 2. The molecule has 0 heterocycles. The Morgan fingerprint density at radius 2 is 2.25 bits per heavy atom. The Morgan fingerprint density at radius 3 is 2.75 bits per heavy atom. The molecule has 1 aliphatic carbocycles. The second-order valence-electron chi connectivity index (χ2n) is 4.58. The number of amides is 1. The summed E-state index contributed by atoms with van der Waals surface area (Å²) in [5.41, 5.74) is 5.58. The maximum Gasteiger partial charge on any atom is 0.237 e. The first-order chi connectivity index (χ1) is 7.70. The van der Waals surface area contributed by atoms with Crippen molar-refractivity contribution in [2.75, 3.05) is 19.6 Å². The molecule has 16 heavy (non-hydrogen) atoms. The Kier molecular flexibility index (Phi) is 5.77. The maximum atomic E-state index is 11.9. The van der Waals surface area contributed by atoms with Gasteiger partial charge in [0.15, 0.2) is 0 Å². The minimum Gasteiger partial charge on any atom is -0.355 e. The number of carbonyl (C=O) groups is 1. The standard InChI is InChI=1S/C12H25N3O/c1-3-4-8-14-12(16)10(2)15(9-7-13)11-5-6-11/h10-11H,3-9,13H2,1-2H3,(H,14,16). The van der Waals surface area contributed by atoms with Crippen LogP contribution < -0.4 is 11.1 Å². The Bertz CT molecular complexity index is 216. The molecule has 0 aromatic rings. The van der Waals surface area contributed by atoms with E-state index in [0.29, 0.717) is 12.6 Å². The van der Waals surface area contributed by atoms with Crippen molar-refractivity contribution in [2.24, 2.45) is 5.73 Å². The molecule has 1 saturated carbocycles. The Labute approximate surface area is 98.6 Å². The topological polar surface area (TPSA) is 58.4 Å². The van der Waals surface area contributed by atoms with Crippen LogP contribution in [0.5, 0.6) is 0 Å². The van der Waals surface area contributed by atoms with E-state index in [1.807, 2.05) is 6.92 Å². The van der Waals surface area contributed by atoms with E-state index in [-0.39, 0.29) is 11.9 Å². The van der Waals surface area contributed by atoms with E-state index in [1.165, 1.54) is 12.8 Å². The summed E-state index contributed by atoms with van der Waals surface area (Å²) in [6.07, 6.45) is 4.60. The Balaban J connectivity index is 2.33. The smallest absolute Gasteiger partial charge is 0.237 e. The highest BCUT2D eigenvalue weighted by Gasteiger charge is 2.34. The summed E-state index contributed by atoms with van der Waals surface area (Å²) in [6.45, 7) is 6.35. The number of nitrogens with zero attached hydrogens (tertiary/aromatic N) is 1. The van der Waals surface area contributed by atoms with Gasteiger partial charge in [-0.1, -0.05) is 13.3 Å². The molecule has 1 unspecified atom stereocenters. The van der Waals surface area contributed by atoms with Crippen molar-refractivity contribution < 1.29 is 4.79 Å². The molecule has 94 valence electrons. The first kappa shape index (κ1) is 13.5. The lowest BCUT2D eigenvalue weighted by Crippen LogP contribution is -2.48. The fraction of sp³-hybridized carbons (Fsp3) is 0.917. The molecule has 1 aliphatic rings. The molecule has 0 aromatic heterocycles. The van der Waals surface area contributed by atoms with Gasteiger partial charge in [-0.05, 0) is 26.2 Å². The minimum absolute atomic E-state index is 0.0343. The molecule has 4 heteroatoms. The van der Waals surface area contributed by atoms with Gasteiger partial charge in [0.05, 0.1) is 6.04 Å². The van der Waals surface area contributed by atoms with Crippen LogP contribution in [-0.4, -0.2) is 42.5 Å². The molecule has 0 saturated heterocycles. The number of unbranched alkanes of at least 4 members (excludes halogenated alkanes) is 1. The normalized spacial score (nSPS) is 17.5. The number of rotatable bonds is 8. The average molecular weight is 227 g/mol. The zero-order valence-corrected chi connectivity index (χ0v) is 10.5. The fourth-order valence-corrected chi connectivity index (χ4v) is 1.93. The SMILES string of the molecule is CCCCNC(=O)C(C)N(CCN)C1CC1. The summed E-state index contributed by atoms with van der Waals surface area (Å²) >= 11 is 0. The van der Waals surface area contributed by atoms with E-state index in [1.54, 1.807) is 0 Å². The van der Waals surface area contributed by atoms with Crippen molar-refractivity contribution in [3.8, 4) is 0 Å². The van der Waals surface area contributed by atoms with Crippen LogP contribution in [0, 0.1) is 0 Å². The van der Waals surface area contributed by atoms with Crippen molar-refractivity contribution in [3.63, 3.8) is 0 Å². The molecule has 0 aliphatic heterocycles. The molecule has 0 bridgehead atoms. The quantitative estimate of drug-likeness (QED) is 0.601. The highest BCUT2D eigenvalue weighted by molar-refractivity contribution is 5.81. The number of nitrogens with one attached hydrogen (secondary N) is 1. The molecule has 1 atom stereocenters. The monoisotopic (exact) mass is 227 g/mol. The van der Waals surface area contributed by atoms with Gasteiger partial charge in [0.2, 0.25) is 5.91 Å². The lowest BCUT2D eigenvalue weighted by Gasteiger charge is -2.27. The summed E-state index contributed by atoms with van der Waals surface area (Å²) in [7, 11) is 0. The van der Waals surface area contributed by atoms with E-state index < -0.39 is 0 Å². The largest absolute Gasteiger partial charge is 0.355 e. The third kappa shape index (κ3) is 4.10. The summed E-state index contributed by atoms with van der Waals surface area (Å²) in [5, 5.41) is 2.98. The van der Waals surface area contributed by atoms with Gasteiger partial charge in [-0.2, -0.15) is 0 Å². The van der Waals surface area contributed by atoms with Crippen molar-refractivity contribution in [3.05, 3.63) is 0 Å². The molecular formula is C12H25N3O. The van der Waals surface area contributed by atoms with Crippen LogP contribution in [0.3, 0.4) is 0 Å². The first-order valence-corrected chi connectivity index (χ1v) is 6.44. The predicted molar refractivity (Wildman–Crippen MR) is 66.2 cm³/mol. The van der Waals surface area contributed by atoms with Gasteiger partial charge >= 0.3 is 0 Å². The average Bonchev–Trinajstić information content (AvgIpc) is 3.09. The van der Waals surface area contributed by atoms with Crippen LogP contribution in [0.15, 0.2) is 0 Å². The number of carbonyl (C=O) groups excluding carboxylic acids is 1. The van der Waals surface area contributed by atoms with Crippen LogP contribution in [0.4, 0.5) is 0 Å². The molecule has 1 fully saturated rings. The van der Waals surface area contributed by atoms with Crippen molar-refractivity contribution >= 4 is 5.91 Å². The summed E-state index contributed by atoms with van der Waals surface area (Å²) in [6, 6.07) is 0.559. The van der Waals surface area contributed by atoms with E-state index in [4.69, 9.17) is 5.73 Å². The van der Waals surface area contributed by atoms with Gasteiger partial charge in [-0.3, -0.25) is 9.69 Å². The fourth-order valence-electron chi connectivity index (χ4n) is 1.93. The first-order valence-electron chi connectivity index (χ1n) is 6.44. The van der Waals surface area contributed by atoms with Crippen LogP contribution in [-0.2, 0) is 4.79 Å². The van der Waals surface area contributed by atoms with Gasteiger partial charge in [0, 0.05) is 25.7 Å². The van der Waals surface area contributed by atoms with E-state index >= 15 is 0 Å². The van der Waals surface area contributed by atoms with Gasteiger partial charge in [0.1, 0.15) is 0 Å². The van der Waals surface area contributed by atoms with E-state index in [0.717, 1.165) is 25.9 Å². The Hall–Kier alpha value is -0.610. The van der Waals surface area contributed by atoms with E-state index in [2.05, 4.69) is 17.1 Å². The van der Waals surface area contributed by atoms with E-state index in [9.17, 15) is 4.79 Å². The highest BCUT2D eigenvalue weighted by Crippen LogP contribution is 2.28. The third-order valence-corrected chi connectivity index (χ3v) is 3.11. The lowest BCUT2D eigenvalue weighted by molar-refractivity contribution is -0.126.